The number of carboxylic acids is 1. The minimum Gasteiger partial charge on any atom is -0.480 e. The van der Waals surface area contributed by atoms with E-state index in [-0.39, 0.29) is 25.4 Å². The molecule has 6 heteroatoms. The third-order valence-corrected chi connectivity index (χ3v) is 3.17. The number of rotatable bonds is 7. The molecule has 0 aliphatic carbocycles. The molecule has 1 aromatic rings. The summed E-state index contributed by atoms with van der Waals surface area (Å²) in [5.41, 5.74) is 0. The van der Waals surface area contributed by atoms with Gasteiger partial charge in [-0.05, 0) is 17.9 Å². The molecule has 0 unspecified atom stereocenters. The fourth-order valence-corrected chi connectivity index (χ4v) is 2.05. The number of aliphatic hydroxyl groups is 1. The molecule has 0 bridgehead atoms. The molecule has 3 N–H and O–H groups in total. The summed E-state index contributed by atoms with van der Waals surface area (Å²) in [6, 6.07) is 2.83. The van der Waals surface area contributed by atoms with Gasteiger partial charge in [-0.25, -0.2) is 4.79 Å². The van der Waals surface area contributed by atoms with Gasteiger partial charge in [-0.15, -0.1) is 11.3 Å². The molecule has 0 aliphatic rings. The van der Waals surface area contributed by atoms with Crippen molar-refractivity contribution >= 4 is 23.2 Å². The lowest BCUT2D eigenvalue weighted by molar-refractivity contribution is -0.142. The number of aryl methyl sites for hydroxylation is 1. The van der Waals surface area contributed by atoms with E-state index in [1.54, 1.807) is 11.3 Å². The summed E-state index contributed by atoms with van der Waals surface area (Å²) in [4.78, 5) is 23.3. The van der Waals surface area contributed by atoms with E-state index in [1.165, 1.54) is 0 Å². The Hall–Kier alpha value is -1.40. The van der Waals surface area contributed by atoms with Crippen LogP contribution < -0.4 is 5.32 Å². The molecule has 1 aromatic heterocycles. The monoisotopic (exact) mass is 257 g/mol. The molecule has 0 radical (unpaired) electrons. The van der Waals surface area contributed by atoms with Gasteiger partial charge in [0.25, 0.3) is 0 Å². The van der Waals surface area contributed by atoms with Crippen LogP contribution in [0.25, 0.3) is 0 Å². The Morgan fingerprint density at radius 2 is 2.24 bits per heavy atom. The fourth-order valence-electron chi connectivity index (χ4n) is 1.34. The third-order valence-electron chi connectivity index (χ3n) is 2.23. The van der Waals surface area contributed by atoms with Gasteiger partial charge in [0.05, 0.1) is 0 Å². The lowest BCUT2D eigenvalue weighted by Gasteiger charge is -2.12. The van der Waals surface area contributed by atoms with Crippen molar-refractivity contribution in [3.05, 3.63) is 22.4 Å². The highest BCUT2D eigenvalue weighted by Gasteiger charge is 2.18. The van der Waals surface area contributed by atoms with E-state index in [2.05, 4.69) is 5.32 Å². The van der Waals surface area contributed by atoms with Crippen LogP contribution in [0, 0.1) is 0 Å². The van der Waals surface area contributed by atoms with Crippen molar-refractivity contribution in [2.75, 3.05) is 6.61 Å². The molecular weight excluding hydrogens is 242 g/mol. The summed E-state index contributed by atoms with van der Waals surface area (Å²) >= 11 is 1.56. The number of amides is 1. The van der Waals surface area contributed by atoms with Crippen LogP contribution in [0.3, 0.4) is 0 Å². The Morgan fingerprint density at radius 1 is 1.47 bits per heavy atom. The maximum absolute atomic E-state index is 11.5. The number of aliphatic carboxylic acids is 1. The largest absolute Gasteiger partial charge is 0.480 e. The molecule has 0 fully saturated rings. The lowest BCUT2D eigenvalue weighted by Crippen LogP contribution is -2.41. The molecule has 0 saturated carbocycles. The highest BCUT2D eigenvalue weighted by Crippen LogP contribution is 2.10. The first kappa shape index (κ1) is 13.7. The van der Waals surface area contributed by atoms with Crippen LogP contribution in [0.4, 0.5) is 0 Å². The van der Waals surface area contributed by atoms with Crippen LogP contribution in [-0.4, -0.2) is 34.7 Å². The number of carbonyl (C=O) groups excluding carboxylic acids is 1. The molecule has 0 saturated heterocycles. The first-order valence-electron chi connectivity index (χ1n) is 5.29. The number of hydrogen-bond acceptors (Lipinski definition) is 4. The number of carbonyl (C=O) groups is 2. The molecule has 5 nitrogen and oxygen atoms in total. The van der Waals surface area contributed by atoms with E-state index in [1.807, 2.05) is 17.5 Å². The topological polar surface area (TPSA) is 86.6 Å². The van der Waals surface area contributed by atoms with Gasteiger partial charge < -0.3 is 15.5 Å². The maximum Gasteiger partial charge on any atom is 0.326 e. The second kappa shape index (κ2) is 7.03. The van der Waals surface area contributed by atoms with Gasteiger partial charge in [0.1, 0.15) is 6.04 Å². The predicted octanol–water partition coefficient (Wildman–Crippen LogP) is 0.632. The van der Waals surface area contributed by atoms with Crippen molar-refractivity contribution < 1.29 is 19.8 Å². The zero-order valence-corrected chi connectivity index (χ0v) is 10.1. The Balaban J connectivity index is 2.34. The van der Waals surface area contributed by atoms with Crippen molar-refractivity contribution in [2.24, 2.45) is 0 Å². The molecule has 17 heavy (non-hydrogen) atoms. The number of hydrogen-bond donors (Lipinski definition) is 3. The second-order valence-corrected chi connectivity index (χ2v) is 4.58. The first-order valence-corrected chi connectivity index (χ1v) is 6.17. The van der Waals surface area contributed by atoms with E-state index in [0.29, 0.717) is 6.42 Å². The van der Waals surface area contributed by atoms with Gasteiger partial charge in [0, 0.05) is 24.3 Å². The summed E-state index contributed by atoms with van der Waals surface area (Å²) in [6.07, 6.45) is 0.894. The van der Waals surface area contributed by atoms with Gasteiger partial charge in [0.2, 0.25) is 5.91 Å². The SMILES string of the molecule is O=C(CCc1cccs1)N[C@H](CCO)C(=O)O. The van der Waals surface area contributed by atoms with Crippen LogP contribution in [-0.2, 0) is 16.0 Å². The minimum atomic E-state index is -1.12. The summed E-state index contributed by atoms with van der Waals surface area (Å²) in [7, 11) is 0. The van der Waals surface area contributed by atoms with Crippen molar-refractivity contribution in [3.8, 4) is 0 Å². The van der Waals surface area contributed by atoms with Gasteiger partial charge in [-0.1, -0.05) is 6.07 Å². The quantitative estimate of drug-likeness (QED) is 0.668. The van der Waals surface area contributed by atoms with Crippen molar-refractivity contribution in [1.29, 1.82) is 0 Å². The Labute approximate surface area is 103 Å². The molecule has 1 atom stereocenters. The maximum atomic E-state index is 11.5. The van der Waals surface area contributed by atoms with Gasteiger partial charge in [-0.3, -0.25) is 4.79 Å². The highest BCUT2D eigenvalue weighted by molar-refractivity contribution is 7.09. The second-order valence-electron chi connectivity index (χ2n) is 3.55. The van der Waals surface area contributed by atoms with E-state index >= 15 is 0 Å². The smallest absolute Gasteiger partial charge is 0.326 e. The lowest BCUT2D eigenvalue weighted by atomic mass is 10.2. The summed E-state index contributed by atoms with van der Waals surface area (Å²) in [6.45, 7) is -0.262. The van der Waals surface area contributed by atoms with E-state index in [9.17, 15) is 9.59 Å². The summed E-state index contributed by atoms with van der Waals surface area (Å²) in [5.74, 6) is -1.43. The van der Waals surface area contributed by atoms with Crippen LogP contribution in [0.1, 0.15) is 17.7 Å². The molecule has 1 heterocycles. The summed E-state index contributed by atoms with van der Waals surface area (Å²) in [5, 5.41) is 21.8. The van der Waals surface area contributed by atoms with Crippen molar-refractivity contribution in [2.45, 2.75) is 25.3 Å². The standard InChI is InChI=1S/C11H15NO4S/c13-6-5-9(11(15)16)12-10(14)4-3-8-2-1-7-17-8/h1-2,7,9,13H,3-6H2,(H,12,14)(H,15,16)/t9-/m1/s1. The first-order chi connectivity index (χ1) is 8.13. The Morgan fingerprint density at radius 3 is 2.76 bits per heavy atom. The molecule has 1 rings (SSSR count). The zero-order valence-electron chi connectivity index (χ0n) is 9.26. The van der Waals surface area contributed by atoms with Gasteiger partial charge in [0.15, 0.2) is 0 Å². The molecule has 0 aliphatic heterocycles. The van der Waals surface area contributed by atoms with Crippen molar-refractivity contribution in [3.63, 3.8) is 0 Å². The zero-order chi connectivity index (χ0) is 12.7. The highest BCUT2D eigenvalue weighted by atomic mass is 32.1. The number of carboxylic acid groups (broad SMARTS) is 1. The van der Waals surface area contributed by atoms with Gasteiger partial charge >= 0.3 is 5.97 Å². The number of aliphatic hydroxyl groups excluding tert-OH is 1. The molecule has 94 valence electrons. The third kappa shape index (κ3) is 4.97. The van der Waals surface area contributed by atoms with E-state index in [0.717, 1.165) is 4.88 Å². The van der Waals surface area contributed by atoms with Crippen LogP contribution in [0.5, 0.6) is 0 Å². The predicted molar refractivity (Wildman–Crippen MR) is 63.9 cm³/mol. The summed E-state index contributed by atoms with van der Waals surface area (Å²) < 4.78 is 0. The minimum absolute atomic E-state index is 0.0279. The number of thiophene rings is 1. The Kier molecular flexibility index (Phi) is 5.65. The molecular formula is C11H15NO4S. The number of nitrogens with one attached hydrogen (secondary N) is 1. The molecule has 0 aromatic carbocycles. The van der Waals surface area contributed by atoms with Crippen molar-refractivity contribution in [1.82, 2.24) is 5.32 Å². The fraction of sp³-hybridized carbons (Fsp3) is 0.455. The van der Waals surface area contributed by atoms with E-state index in [4.69, 9.17) is 10.2 Å². The average molecular weight is 257 g/mol. The van der Waals surface area contributed by atoms with Crippen LogP contribution in [0.2, 0.25) is 0 Å². The molecule has 0 spiro atoms. The van der Waals surface area contributed by atoms with Gasteiger partial charge in [-0.2, -0.15) is 0 Å². The van der Waals surface area contributed by atoms with Crippen LogP contribution in [0.15, 0.2) is 17.5 Å². The normalized spacial score (nSPS) is 12.1. The Bertz CT molecular complexity index is 364. The molecule has 1 amide bonds. The van der Waals surface area contributed by atoms with Crippen LogP contribution >= 0.6 is 11.3 Å². The van der Waals surface area contributed by atoms with E-state index < -0.39 is 12.0 Å². The average Bonchev–Trinajstić information content (AvgIpc) is 2.78.